The van der Waals surface area contributed by atoms with Crippen molar-refractivity contribution in [1.29, 1.82) is 0 Å². The number of carbonyl (C=O) groups is 2. The van der Waals surface area contributed by atoms with Crippen LogP contribution in [-0.2, 0) is 4.79 Å². The second-order valence-electron chi connectivity index (χ2n) is 5.12. The van der Waals surface area contributed by atoms with Gasteiger partial charge in [-0.25, -0.2) is 0 Å². The first kappa shape index (κ1) is 14.8. The molecule has 2 amide bonds. The molecule has 2 N–H and O–H groups in total. The van der Waals surface area contributed by atoms with Crippen LogP contribution in [0, 0.1) is 0 Å². The summed E-state index contributed by atoms with van der Waals surface area (Å²) >= 11 is 0. The molecule has 0 saturated carbocycles. The molecule has 3 aromatic rings. The molecule has 0 aromatic heterocycles. The van der Waals surface area contributed by atoms with Gasteiger partial charge in [-0.1, -0.05) is 54.6 Å². The third-order valence-corrected chi connectivity index (χ3v) is 3.51. The van der Waals surface area contributed by atoms with Gasteiger partial charge in [0.25, 0.3) is 5.91 Å². The maximum Gasteiger partial charge on any atom is 0.251 e. The summed E-state index contributed by atoms with van der Waals surface area (Å²) in [6.07, 6.45) is 0. The zero-order chi connectivity index (χ0) is 16.1. The van der Waals surface area contributed by atoms with E-state index < -0.39 is 0 Å². The summed E-state index contributed by atoms with van der Waals surface area (Å²) in [5, 5.41) is 7.48. The van der Waals surface area contributed by atoms with Crippen molar-refractivity contribution in [3.63, 3.8) is 0 Å². The number of amides is 2. The molecule has 0 fully saturated rings. The highest BCUT2D eigenvalue weighted by atomic mass is 16.2. The van der Waals surface area contributed by atoms with Crippen LogP contribution in [0.15, 0.2) is 72.8 Å². The summed E-state index contributed by atoms with van der Waals surface area (Å²) in [6.45, 7) is -0.0725. The first-order chi connectivity index (χ1) is 11.2. The summed E-state index contributed by atoms with van der Waals surface area (Å²) in [5.74, 6) is -0.524. The van der Waals surface area contributed by atoms with E-state index >= 15 is 0 Å². The molecular formula is C19H16N2O2. The molecule has 3 rings (SSSR count). The molecule has 0 bridgehead atoms. The second kappa shape index (κ2) is 6.75. The van der Waals surface area contributed by atoms with E-state index in [4.69, 9.17) is 0 Å². The van der Waals surface area contributed by atoms with Crippen LogP contribution >= 0.6 is 0 Å². The molecule has 0 aliphatic rings. The highest BCUT2D eigenvalue weighted by Crippen LogP contribution is 2.22. The largest absolute Gasteiger partial charge is 0.343 e. The van der Waals surface area contributed by atoms with Gasteiger partial charge < -0.3 is 10.6 Å². The predicted molar refractivity (Wildman–Crippen MR) is 91.4 cm³/mol. The molecule has 0 atom stereocenters. The van der Waals surface area contributed by atoms with E-state index in [1.165, 1.54) is 0 Å². The third kappa shape index (κ3) is 3.55. The van der Waals surface area contributed by atoms with Crippen molar-refractivity contribution < 1.29 is 9.59 Å². The van der Waals surface area contributed by atoms with E-state index in [1.807, 2.05) is 48.5 Å². The Morgan fingerprint density at radius 1 is 0.783 bits per heavy atom. The van der Waals surface area contributed by atoms with E-state index in [0.717, 1.165) is 16.5 Å². The molecule has 3 aromatic carbocycles. The Hall–Kier alpha value is -3.14. The lowest BCUT2D eigenvalue weighted by Crippen LogP contribution is -2.32. The number of rotatable bonds is 4. The molecule has 0 saturated heterocycles. The summed E-state index contributed by atoms with van der Waals surface area (Å²) < 4.78 is 0. The third-order valence-electron chi connectivity index (χ3n) is 3.51. The van der Waals surface area contributed by atoms with Crippen molar-refractivity contribution in [2.24, 2.45) is 0 Å². The van der Waals surface area contributed by atoms with Gasteiger partial charge in [-0.15, -0.1) is 0 Å². The summed E-state index contributed by atoms with van der Waals surface area (Å²) in [5.41, 5.74) is 1.27. The van der Waals surface area contributed by atoms with Crippen molar-refractivity contribution >= 4 is 28.3 Å². The van der Waals surface area contributed by atoms with Crippen LogP contribution in [0.1, 0.15) is 10.4 Å². The summed E-state index contributed by atoms with van der Waals surface area (Å²) in [7, 11) is 0. The Morgan fingerprint density at radius 3 is 2.30 bits per heavy atom. The number of hydrogen-bond acceptors (Lipinski definition) is 2. The van der Waals surface area contributed by atoms with Crippen LogP contribution < -0.4 is 10.6 Å². The topological polar surface area (TPSA) is 58.2 Å². The Balaban J connectivity index is 1.64. The minimum absolute atomic E-state index is 0.0725. The van der Waals surface area contributed by atoms with Crippen molar-refractivity contribution in [1.82, 2.24) is 5.32 Å². The monoisotopic (exact) mass is 304 g/mol. The highest BCUT2D eigenvalue weighted by Gasteiger charge is 2.09. The Kier molecular flexibility index (Phi) is 4.34. The van der Waals surface area contributed by atoms with E-state index in [0.29, 0.717) is 5.56 Å². The smallest absolute Gasteiger partial charge is 0.251 e. The quantitative estimate of drug-likeness (QED) is 0.777. The van der Waals surface area contributed by atoms with Crippen molar-refractivity contribution in [2.75, 3.05) is 11.9 Å². The zero-order valence-electron chi connectivity index (χ0n) is 12.5. The molecule has 0 aliphatic heterocycles. The minimum Gasteiger partial charge on any atom is -0.343 e. The van der Waals surface area contributed by atoms with Gasteiger partial charge >= 0.3 is 0 Å². The maximum absolute atomic E-state index is 12.1. The number of fused-ring (bicyclic) bond motifs is 1. The molecule has 4 heteroatoms. The molecule has 0 radical (unpaired) electrons. The van der Waals surface area contributed by atoms with Gasteiger partial charge in [0.15, 0.2) is 0 Å². The lowest BCUT2D eigenvalue weighted by Gasteiger charge is -2.09. The molecule has 23 heavy (non-hydrogen) atoms. The fraction of sp³-hybridized carbons (Fsp3) is 0.0526. The van der Waals surface area contributed by atoms with Gasteiger partial charge in [0, 0.05) is 16.6 Å². The molecule has 0 unspecified atom stereocenters. The first-order valence-corrected chi connectivity index (χ1v) is 7.35. The van der Waals surface area contributed by atoms with Gasteiger partial charge in [0.1, 0.15) is 0 Å². The van der Waals surface area contributed by atoms with E-state index in [-0.39, 0.29) is 18.4 Å². The molecule has 0 spiro atoms. The van der Waals surface area contributed by atoms with E-state index in [2.05, 4.69) is 10.6 Å². The molecule has 0 heterocycles. The molecular weight excluding hydrogens is 288 g/mol. The van der Waals surface area contributed by atoms with Gasteiger partial charge in [0.05, 0.1) is 6.54 Å². The fourth-order valence-electron chi connectivity index (χ4n) is 2.38. The first-order valence-electron chi connectivity index (χ1n) is 7.35. The second-order valence-corrected chi connectivity index (χ2v) is 5.12. The normalized spacial score (nSPS) is 10.3. The van der Waals surface area contributed by atoms with Crippen LogP contribution in [0.5, 0.6) is 0 Å². The van der Waals surface area contributed by atoms with Crippen LogP contribution in [0.4, 0.5) is 5.69 Å². The predicted octanol–water partition coefficient (Wildman–Crippen LogP) is 3.21. The minimum atomic E-state index is -0.265. The lowest BCUT2D eigenvalue weighted by molar-refractivity contribution is -0.115. The molecule has 114 valence electrons. The fourth-order valence-corrected chi connectivity index (χ4v) is 2.38. The lowest BCUT2D eigenvalue weighted by atomic mass is 10.1. The van der Waals surface area contributed by atoms with Crippen LogP contribution in [0.3, 0.4) is 0 Å². The average molecular weight is 304 g/mol. The van der Waals surface area contributed by atoms with Crippen molar-refractivity contribution in [3.8, 4) is 0 Å². The number of nitrogens with one attached hydrogen (secondary N) is 2. The van der Waals surface area contributed by atoms with Crippen LogP contribution in [0.25, 0.3) is 10.8 Å². The molecule has 4 nitrogen and oxygen atoms in total. The maximum atomic E-state index is 12.1. The van der Waals surface area contributed by atoms with E-state index in [9.17, 15) is 9.59 Å². The number of anilines is 1. The Labute approximate surface area is 134 Å². The van der Waals surface area contributed by atoms with Crippen molar-refractivity contribution in [3.05, 3.63) is 78.4 Å². The van der Waals surface area contributed by atoms with Crippen LogP contribution in [-0.4, -0.2) is 18.4 Å². The van der Waals surface area contributed by atoms with Crippen LogP contribution in [0.2, 0.25) is 0 Å². The number of hydrogen-bond donors (Lipinski definition) is 2. The van der Waals surface area contributed by atoms with Gasteiger partial charge in [-0.3, -0.25) is 9.59 Å². The standard InChI is InChI=1S/C19H16N2O2/c22-18(13-20-19(23)15-8-2-1-3-9-15)21-17-12-6-10-14-7-4-5-11-16(14)17/h1-12H,13H2,(H,20,23)(H,21,22). The van der Waals surface area contributed by atoms with Gasteiger partial charge in [-0.2, -0.15) is 0 Å². The van der Waals surface area contributed by atoms with Gasteiger partial charge in [-0.05, 0) is 23.6 Å². The highest BCUT2D eigenvalue weighted by molar-refractivity contribution is 6.04. The number of benzene rings is 3. The number of carbonyl (C=O) groups excluding carboxylic acids is 2. The van der Waals surface area contributed by atoms with Crippen molar-refractivity contribution in [2.45, 2.75) is 0 Å². The van der Waals surface area contributed by atoms with E-state index in [1.54, 1.807) is 24.3 Å². The Bertz CT molecular complexity index is 839. The van der Waals surface area contributed by atoms with Gasteiger partial charge in [0.2, 0.25) is 5.91 Å². The summed E-state index contributed by atoms with van der Waals surface area (Å²) in [4.78, 5) is 24.0. The Morgan fingerprint density at radius 2 is 1.48 bits per heavy atom. The zero-order valence-corrected chi connectivity index (χ0v) is 12.5. The average Bonchev–Trinajstić information content (AvgIpc) is 2.61. The SMILES string of the molecule is O=C(CNC(=O)c1ccccc1)Nc1cccc2ccccc12. The summed E-state index contributed by atoms with van der Waals surface area (Å²) in [6, 6.07) is 22.4. The molecule has 0 aliphatic carbocycles.